The molecule has 0 bridgehead atoms. The smallest absolute Gasteiger partial charge is 0.267 e. The monoisotopic (exact) mass is 268 g/mol. The molecule has 0 saturated carbocycles. The number of nitrogens with zero attached hydrogens (tertiary/aromatic N) is 3. The maximum atomic E-state index is 11.3. The van der Waals surface area contributed by atoms with Gasteiger partial charge in [0.05, 0.1) is 12.0 Å². The van der Waals surface area contributed by atoms with Gasteiger partial charge in [-0.05, 0) is 35.8 Å². The van der Waals surface area contributed by atoms with Crippen LogP contribution in [0.4, 0.5) is 0 Å². The van der Waals surface area contributed by atoms with E-state index in [1.54, 1.807) is 4.68 Å². The SMILES string of the molecule is Cc1cc(C)n(-c2nc[nH]c(=O)c2Br)n1. The number of aryl methyl sites for hydroxylation is 2. The highest BCUT2D eigenvalue weighted by Gasteiger charge is 2.10. The minimum Gasteiger partial charge on any atom is -0.312 e. The predicted molar refractivity (Wildman–Crippen MR) is 59.2 cm³/mol. The standard InChI is InChI=1S/C9H9BrN4O/c1-5-3-6(2)14(13-5)8-7(10)9(15)12-4-11-8/h3-4H,1-2H3,(H,11,12,15). The number of aromatic nitrogens is 4. The van der Waals surface area contributed by atoms with Crippen LogP contribution in [0.15, 0.2) is 21.7 Å². The Morgan fingerprint density at radius 1 is 1.47 bits per heavy atom. The van der Waals surface area contributed by atoms with Crippen LogP contribution in [0.3, 0.4) is 0 Å². The van der Waals surface area contributed by atoms with Crippen molar-refractivity contribution in [3.8, 4) is 5.82 Å². The van der Waals surface area contributed by atoms with E-state index in [1.807, 2.05) is 19.9 Å². The van der Waals surface area contributed by atoms with E-state index in [1.165, 1.54) is 6.33 Å². The fraction of sp³-hybridized carbons (Fsp3) is 0.222. The molecule has 0 atom stereocenters. The number of aromatic amines is 1. The summed E-state index contributed by atoms with van der Waals surface area (Å²) in [4.78, 5) is 17.9. The minimum atomic E-state index is -0.215. The molecule has 0 aliphatic heterocycles. The van der Waals surface area contributed by atoms with Gasteiger partial charge in [0.25, 0.3) is 5.56 Å². The lowest BCUT2D eigenvalue weighted by molar-refractivity contribution is 0.791. The first-order valence-corrected chi connectivity index (χ1v) is 5.15. The molecule has 1 N–H and O–H groups in total. The zero-order valence-corrected chi connectivity index (χ0v) is 9.87. The molecule has 5 nitrogen and oxygen atoms in total. The second kappa shape index (κ2) is 3.62. The third kappa shape index (κ3) is 1.72. The van der Waals surface area contributed by atoms with Crippen molar-refractivity contribution in [1.82, 2.24) is 19.7 Å². The van der Waals surface area contributed by atoms with Crippen LogP contribution in [0.1, 0.15) is 11.4 Å². The average Bonchev–Trinajstić information content (AvgIpc) is 2.50. The lowest BCUT2D eigenvalue weighted by Crippen LogP contribution is -2.13. The number of hydrogen-bond donors (Lipinski definition) is 1. The zero-order chi connectivity index (χ0) is 11.0. The molecule has 0 radical (unpaired) electrons. The van der Waals surface area contributed by atoms with Crippen molar-refractivity contribution in [3.63, 3.8) is 0 Å². The molecule has 78 valence electrons. The molecule has 0 aliphatic rings. The van der Waals surface area contributed by atoms with E-state index in [2.05, 4.69) is 31.0 Å². The van der Waals surface area contributed by atoms with Gasteiger partial charge >= 0.3 is 0 Å². The summed E-state index contributed by atoms with van der Waals surface area (Å²) in [5.41, 5.74) is 1.61. The minimum absolute atomic E-state index is 0.215. The lowest BCUT2D eigenvalue weighted by Gasteiger charge is -2.03. The Bertz CT molecular complexity index is 557. The molecule has 0 unspecified atom stereocenters. The normalized spacial score (nSPS) is 10.6. The van der Waals surface area contributed by atoms with Crippen LogP contribution >= 0.6 is 15.9 Å². The van der Waals surface area contributed by atoms with Crippen molar-refractivity contribution < 1.29 is 0 Å². The molecule has 2 aromatic heterocycles. The first kappa shape index (κ1) is 10.1. The van der Waals surface area contributed by atoms with Gasteiger partial charge in [-0.15, -0.1) is 0 Å². The second-order valence-electron chi connectivity index (χ2n) is 3.21. The molecule has 6 heteroatoms. The maximum absolute atomic E-state index is 11.3. The van der Waals surface area contributed by atoms with Crippen LogP contribution in [0.5, 0.6) is 0 Å². The van der Waals surface area contributed by atoms with Gasteiger partial charge in [-0.1, -0.05) is 0 Å². The van der Waals surface area contributed by atoms with E-state index in [9.17, 15) is 4.79 Å². The summed E-state index contributed by atoms with van der Waals surface area (Å²) >= 11 is 3.19. The van der Waals surface area contributed by atoms with Crippen LogP contribution in [0, 0.1) is 13.8 Å². The van der Waals surface area contributed by atoms with Crippen LogP contribution in [-0.2, 0) is 0 Å². The molecular weight excluding hydrogens is 260 g/mol. The number of rotatable bonds is 1. The highest BCUT2D eigenvalue weighted by atomic mass is 79.9. The van der Waals surface area contributed by atoms with Crippen molar-refractivity contribution >= 4 is 15.9 Å². The van der Waals surface area contributed by atoms with Gasteiger partial charge in [0.1, 0.15) is 4.47 Å². The predicted octanol–water partition coefficient (Wildman–Crippen LogP) is 1.33. The Labute approximate surface area is 94.3 Å². The molecule has 0 fully saturated rings. The molecule has 0 aliphatic carbocycles. The van der Waals surface area contributed by atoms with Gasteiger partial charge in [0, 0.05) is 5.69 Å². The Kier molecular flexibility index (Phi) is 2.44. The number of halogens is 1. The molecule has 0 saturated heterocycles. The summed E-state index contributed by atoms with van der Waals surface area (Å²) in [6.45, 7) is 3.81. The van der Waals surface area contributed by atoms with Crippen molar-refractivity contribution in [1.29, 1.82) is 0 Å². The van der Waals surface area contributed by atoms with E-state index in [-0.39, 0.29) is 5.56 Å². The topological polar surface area (TPSA) is 63.6 Å². The van der Waals surface area contributed by atoms with E-state index in [4.69, 9.17) is 0 Å². The van der Waals surface area contributed by atoms with Gasteiger partial charge in [-0.25, -0.2) is 9.67 Å². The van der Waals surface area contributed by atoms with Gasteiger partial charge in [0.15, 0.2) is 5.82 Å². The largest absolute Gasteiger partial charge is 0.312 e. The summed E-state index contributed by atoms with van der Waals surface area (Å²) in [5.74, 6) is 0.504. The molecular formula is C9H9BrN4O. The van der Waals surface area contributed by atoms with Gasteiger partial charge < -0.3 is 4.98 Å². The molecule has 2 rings (SSSR count). The van der Waals surface area contributed by atoms with Gasteiger partial charge in [-0.3, -0.25) is 4.79 Å². The van der Waals surface area contributed by atoms with Crippen molar-refractivity contribution in [3.05, 3.63) is 38.6 Å². The Hall–Kier alpha value is -1.43. The van der Waals surface area contributed by atoms with Crippen molar-refractivity contribution in [2.24, 2.45) is 0 Å². The first-order valence-electron chi connectivity index (χ1n) is 4.36. The number of nitrogens with one attached hydrogen (secondary N) is 1. The summed E-state index contributed by atoms with van der Waals surface area (Å²) in [7, 11) is 0. The van der Waals surface area contributed by atoms with Crippen LogP contribution in [0.25, 0.3) is 5.82 Å². The molecule has 2 aromatic rings. The van der Waals surface area contributed by atoms with Gasteiger partial charge in [0.2, 0.25) is 0 Å². The highest BCUT2D eigenvalue weighted by molar-refractivity contribution is 9.10. The summed E-state index contributed by atoms with van der Waals surface area (Å²) in [6.07, 6.45) is 1.36. The van der Waals surface area contributed by atoms with E-state index in [0.717, 1.165) is 11.4 Å². The van der Waals surface area contributed by atoms with Crippen molar-refractivity contribution in [2.45, 2.75) is 13.8 Å². The summed E-state index contributed by atoms with van der Waals surface area (Å²) in [6, 6.07) is 1.93. The molecule has 0 spiro atoms. The molecule has 15 heavy (non-hydrogen) atoms. The average molecular weight is 269 g/mol. The summed E-state index contributed by atoms with van der Waals surface area (Å²) < 4.78 is 2.02. The number of hydrogen-bond acceptors (Lipinski definition) is 3. The van der Waals surface area contributed by atoms with E-state index >= 15 is 0 Å². The van der Waals surface area contributed by atoms with Crippen LogP contribution in [0.2, 0.25) is 0 Å². The Balaban J connectivity index is 2.69. The Morgan fingerprint density at radius 2 is 2.20 bits per heavy atom. The molecule has 0 amide bonds. The summed E-state index contributed by atoms with van der Waals surface area (Å²) in [5, 5.41) is 4.25. The Morgan fingerprint density at radius 3 is 2.80 bits per heavy atom. The fourth-order valence-corrected chi connectivity index (χ4v) is 1.75. The van der Waals surface area contributed by atoms with Gasteiger partial charge in [-0.2, -0.15) is 5.10 Å². The fourth-order valence-electron chi connectivity index (χ4n) is 1.36. The number of H-pyrrole nitrogens is 1. The maximum Gasteiger partial charge on any atom is 0.267 e. The van der Waals surface area contributed by atoms with Crippen LogP contribution < -0.4 is 5.56 Å². The second-order valence-corrected chi connectivity index (χ2v) is 4.00. The van der Waals surface area contributed by atoms with Crippen LogP contribution in [-0.4, -0.2) is 19.7 Å². The lowest BCUT2D eigenvalue weighted by atomic mass is 10.4. The van der Waals surface area contributed by atoms with E-state index in [0.29, 0.717) is 10.3 Å². The molecule has 2 heterocycles. The highest BCUT2D eigenvalue weighted by Crippen LogP contribution is 2.15. The first-order chi connectivity index (χ1) is 7.09. The van der Waals surface area contributed by atoms with E-state index < -0.39 is 0 Å². The zero-order valence-electron chi connectivity index (χ0n) is 8.28. The van der Waals surface area contributed by atoms with Crippen molar-refractivity contribution in [2.75, 3.05) is 0 Å². The quantitative estimate of drug-likeness (QED) is 0.849. The third-order valence-electron chi connectivity index (χ3n) is 1.99. The third-order valence-corrected chi connectivity index (χ3v) is 2.70. The molecule has 0 aromatic carbocycles.